The van der Waals surface area contributed by atoms with E-state index in [-0.39, 0.29) is 16.9 Å². The highest BCUT2D eigenvalue weighted by Crippen LogP contribution is 2.34. The van der Waals surface area contributed by atoms with Crippen LogP contribution in [0.4, 0.5) is 24.7 Å². The molecule has 4 rings (SSSR count). The number of anilines is 2. The molecule has 0 bridgehead atoms. The molecule has 1 amide bonds. The third-order valence-corrected chi connectivity index (χ3v) is 4.69. The first kappa shape index (κ1) is 19.2. The van der Waals surface area contributed by atoms with Crippen molar-refractivity contribution < 1.29 is 18.0 Å². The number of nitrogens with one attached hydrogen (secondary N) is 2. The molecule has 3 aromatic heterocycles. The fraction of sp³-hybridized carbons (Fsp3) is 0.316. The highest BCUT2D eigenvalue weighted by molar-refractivity contribution is 6.04. The Morgan fingerprint density at radius 1 is 1.21 bits per heavy atom. The number of carbonyl (C=O) groups is 1. The van der Waals surface area contributed by atoms with Gasteiger partial charge in [0.15, 0.2) is 0 Å². The lowest BCUT2D eigenvalue weighted by molar-refractivity contribution is -0.136. The maximum atomic E-state index is 13.4. The molecule has 10 heteroatoms. The monoisotopic (exact) mass is 404 g/mol. The Balaban J connectivity index is 1.57. The molecule has 29 heavy (non-hydrogen) atoms. The summed E-state index contributed by atoms with van der Waals surface area (Å²) in [6, 6.07) is 4.25. The van der Waals surface area contributed by atoms with Crippen LogP contribution >= 0.6 is 0 Å². The molecule has 0 unspecified atom stereocenters. The number of rotatable bonds is 3. The standard InChI is InChI=1S/C19H19F3N6O/c1-12-10-28-11-14(8-15(17(28)25-12)19(20,21)22)26-18(29)13-2-3-16(24-9-13)27-6-4-23-5-7-27/h2-3,8-11,23H,4-7H2,1H3,(H,26,29). The normalized spacial score (nSPS) is 15.0. The molecule has 0 spiro atoms. The van der Waals surface area contributed by atoms with Gasteiger partial charge in [0.2, 0.25) is 0 Å². The topological polar surface area (TPSA) is 74.6 Å². The van der Waals surface area contributed by atoms with Crippen molar-refractivity contribution in [3.05, 3.63) is 53.6 Å². The third-order valence-electron chi connectivity index (χ3n) is 4.69. The zero-order valence-electron chi connectivity index (χ0n) is 15.6. The van der Waals surface area contributed by atoms with Crippen molar-refractivity contribution in [2.24, 2.45) is 0 Å². The highest BCUT2D eigenvalue weighted by atomic mass is 19.4. The van der Waals surface area contributed by atoms with E-state index >= 15 is 0 Å². The molecular weight excluding hydrogens is 385 g/mol. The Hall–Kier alpha value is -3.14. The molecule has 0 aliphatic carbocycles. The first-order valence-corrected chi connectivity index (χ1v) is 9.11. The smallest absolute Gasteiger partial charge is 0.354 e. The van der Waals surface area contributed by atoms with Crippen molar-refractivity contribution in [2.75, 3.05) is 36.4 Å². The van der Waals surface area contributed by atoms with Crippen molar-refractivity contribution in [3.8, 4) is 0 Å². The van der Waals surface area contributed by atoms with Gasteiger partial charge >= 0.3 is 6.18 Å². The number of halogens is 3. The van der Waals surface area contributed by atoms with E-state index in [4.69, 9.17) is 0 Å². The van der Waals surface area contributed by atoms with E-state index in [1.54, 1.807) is 19.1 Å². The van der Waals surface area contributed by atoms with Crippen LogP contribution < -0.4 is 15.5 Å². The highest BCUT2D eigenvalue weighted by Gasteiger charge is 2.34. The Labute approximate surface area is 164 Å². The van der Waals surface area contributed by atoms with Crippen LogP contribution in [0.25, 0.3) is 5.65 Å². The van der Waals surface area contributed by atoms with Gasteiger partial charge < -0.3 is 19.9 Å². The van der Waals surface area contributed by atoms with Crippen LogP contribution in [-0.2, 0) is 6.18 Å². The van der Waals surface area contributed by atoms with Gasteiger partial charge in [0.05, 0.1) is 16.9 Å². The Morgan fingerprint density at radius 2 is 1.97 bits per heavy atom. The summed E-state index contributed by atoms with van der Waals surface area (Å²) in [6.07, 6.45) is -0.279. The van der Waals surface area contributed by atoms with Gasteiger partial charge in [-0.15, -0.1) is 0 Å². The van der Waals surface area contributed by atoms with E-state index in [1.165, 1.54) is 23.0 Å². The first-order chi connectivity index (χ1) is 13.8. The summed E-state index contributed by atoms with van der Waals surface area (Å²) in [7, 11) is 0. The van der Waals surface area contributed by atoms with Crippen molar-refractivity contribution >= 4 is 23.1 Å². The second-order valence-corrected chi connectivity index (χ2v) is 6.85. The molecule has 0 radical (unpaired) electrons. The maximum absolute atomic E-state index is 13.4. The third kappa shape index (κ3) is 4.02. The Morgan fingerprint density at radius 3 is 2.62 bits per heavy atom. The first-order valence-electron chi connectivity index (χ1n) is 9.11. The van der Waals surface area contributed by atoms with Gasteiger partial charge in [0.25, 0.3) is 5.91 Å². The number of hydrogen-bond acceptors (Lipinski definition) is 5. The number of hydrogen-bond donors (Lipinski definition) is 2. The predicted molar refractivity (Wildman–Crippen MR) is 102 cm³/mol. The predicted octanol–water partition coefficient (Wildman–Crippen LogP) is 2.72. The van der Waals surface area contributed by atoms with Crippen molar-refractivity contribution in [3.63, 3.8) is 0 Å². The minimum atomic E-state index is -4.59. The van der Waals surface area contributed by atoms with E-state index in [0.717, 1.165) is 38.1 Å². The van der Waals surface area contributed by atoms with E-state index in [1.807, 2.05) is 0 Å². The average molecular weight is 404 g/mol. The zero-order valence-corrected chi connectivity index (χ0v) is 15.6. The number of imidazole rings is 1. The fourth-order valence-electron chi connectivity index (χ4n) is 3.30. The van der Waals surface area contributed by atoms with E-state index in [9.17, 15) is 18.0 Å². The number of aryl methyl sites for hydroxylation is 1. The lowest BCUT2D eigenvalue weighted by Gasteiger charge is -2.28. The molecule has 0 atom stereocenters. The molecule has 4 heterocycles. The minimum Gasteiger partial charge on any atom is -0.354 e. The van der Waals surface area contributed by atoms with Crippen LogP contribution in [0.5, 0.6) is 0 Å². The lowest BCUT2D eigenvalue weighted by atomic mass is 10.2. The molecule has 152 valence electrons. The molecule has 7 nitrogen and oxygen atoms in total. The van der Waals surface area contributed by atoms with Crippen molar-refractivity contribution in [1.29, 1.82) is 0 Å². The van der Waals surface area contributed by atoms with Crippen LogP contribution in [0.1, 0.15) is 21.6 Å². The molecule has 0 saturated carbocycles. The van der Waals surface area contributed by atoms with Gasteiger partial charge in [0.1, 0.15) is 17.0 Å². The molecule has 1 aliphatic rings. The van der Waals surface area contributed by atoms with Gasteiger partial charge in [0, 0.05) is 44.8 Å². The number of fused-ring (bicyclic) bond motifs is 1. The van der Waals surface area contributed by atoms with Crippen LogP contribution in [0, 0.1) is 6.92 Å². The average Bonchev–Trinajstić information content (AvgIpc) is 3.07. The zero-order chi connectivity index (χ0) is 20.6. The fourth-order valence-corrected chi connectivity index (χ4v) is 3.30. The summed E-state index contributed by atoms with van der Waals surface area (Å²) in [5.74, 6) is 0.228. The number of piperazine rings is 1. The number of nitrogens with zero attached hydrogens (tertiary/aromatic N) is 4. The van der Waals surface area contributed by atoms with Crippen LogP contribution in [0.2, 0.25) is 0 Å². The maximum Gasteiger partial charge on any atom is 0.420 e. The van der Waals surface area contributed by atoms with Crippen LogP contribution in [-0.4, -0.2) is 46.5 Å². The van der Waals surface area contributed by atoms with E-state index in [0.29, 0.717) is 5.69 Å². The Kier molecular flexibility index (Phi) is 4.87. The summed E-state index contributed by atoms with van der Waals surface area (Å²) in [5.41, 5.74) is -0.366. The number of alkyl halides is 3. The quantitative estimate of drug-likeness (QED) is 0.702. The summed E-state index contributed by atoms with van der Waals surface area (Å²) in [6.45, 7) is 4.98. The summed E-state index contributed by atoms with van der Waals surface area (Å²) in [4.78, 5) is 22.9. The Bertz CT molecular complexity index is 1040. The molecule has 3 aromatic rings. The molecule has 1 aliphatic heterocycles. The number of aromatic nitrogens is 3. The largest absolute Gasteiger partial charge is 0.420 e. The van der Waals surface area contributed by atoms with Crippen LogP contribution in [0.3, 0.4) is 0 Å². The van der Waals surface area contributed by atoms with Gasteiger partial charge in [-0.25, -0.2) is 9.97 Å². The molecule has 2 N–H and O–H groups in total. The minimum absolute atomic E-state index is 0.0263. The second kappa shape index (κ2) is 7.36. The van der Waals surface area contributed by atoms with Crippen LogP contribution in [0.15, 0.2) is 36.8 Å². The number of carbonyl (C=O) groups excluding carboxylic acids is 1. The second-order valence-electron chi connectivity index (χ2n) is 6.85. The van der Waals surface area contributed by atoms with Crippen molar-refractivity contribution in [1.82, 2.24) is 19.7 Å². The summed E-state index contributed by atoms with van der Waals surface area (Å²) in [5, 5.41) is 5.77. The molecule has 1 fully saturated rings. The SMILES string of the molecule is Cc1cn2cc(NC(=O)c3ccc(N4CCNCC4)nc3)cc(C(F)(F)F)c2n1. The lowest BCUT2D eigenvalue weighted by Crippen LogP contribution is -2.43. The number of pyridine rings is 2. The van der Waals surface area contributed by atoms with E-state index in [2.05, 4.69) is 25.5 Å². The molecular formula is C19H19F3N6O. The number of amides is 1. The van der Waals surface area contributed by atoms with Gasteiger partial charge in [-0.1, -0.05) is 0 Å². The molecule has 0 aromatic carbocycles. The summed E-state index contributed by atoms with van der Waals surface area (Å²) < 4.78 is 41.5. The van der Waals surface area contributed by atoms with Gasteiger partial charge in [-0.05, 0) is 25.1 Å². The van der Waals surface area contributed by atoms with E-state index < -0.39 is 17.6 Å². The van der Waals surface area contributed by atoms with Crippen molar-refractivity contribution in [2.45, 2.75) is 13.1 Å². The van der Waals surface area contributed by atoms with Gasteiger partial charge in [-0.2, -0.15) is 13.2 Å². The summed E-state index contributed by atoms with van der Waals surface area (Å²) >= 11 is 0. The molecule has 1 saturated heterocycles. The van der Waals surface area contributed by atoms with Gasteiger partial charge in [-0.3, -0.25) is 4.79 Å².